The number of carbonyl (C=O) groups excluding carboxylic acids is 1. The molecule has 0 aliphatic heterocycles. The van der Waals surface area contributed by atoms with E-state index in [1.54, 1.807) is 12.1 Å². The van der Waals surface area contributed by atoms with Crippen molar-refractivity contribution in [3.63, 3.8) is 0 Å². The molecule has 0 aliphatic rings. The maximum absolute atomic E-state index is 12.9. The second kappa shape index (κ2) is 5.98. The summed E-state index contributed by atoms with van der Waals surface area (Å²) in [6, 6.07) is 19.5. The minimum Gasteiger partial charge on any atom is -0.346 e. The maximum atomic E-state index is 12.9. The number of halogens is 1. The van der Waals surface area contributed by atoms with E-state index >= 15 is 0 Å². The highest BCUT2D eigenvalue weighted by Gasteiger charge is 2.11. The zero-order chi connectivity index (χ0) is 15.5. The smallest absolute Gasteiger partial charge is 0.251 e. The fourth-order valence-corrected chi connectivity index (χ4v) is 2.45. The summed E-state index contributed by atoms with van der Waals surface area (Å²) in [5.41, 5.74) is 1.49. The zero-order valence-corrected chi connectivity index (χ0v) is 12.2. The van der Waals surface area contributed by atoms with Crippen molar-refractivity contribution in [3.05, 3.63) is 83.7 Å². The van der Waals surface area contributed by atoms with Crippen molar-refractivity contribution in [1.29, 1.82) is 0 Å². The largest absolute Gasteiger partial charge is 0.346 e. The van der Waals surface area contributed by atoms with Crippen molar-refractivity contribution in [1.82, 2.24) is 5.32 Å². The van der Waals surface area contributed by atoms with E-state index in [0.29, 0.717) is 5.56 Å². The van der Waals surface area contributed by atoms with Gasteiger partial charge in [0.15, 0.2) is 0 Å². The van der Waals surface area contributed by atoms with Crippen LogP contribution in [0.3, 0.4) is 0 Å². The highest BCUT2D eigenvalue weighted by atomic mass is 19.1. The molecular formula is C19H16FNO. The number of fused-ring (bicyclic) bond motifs is 1. The van der Waals surface area contributed by atoms with Gasteiger partial charge in [0.05, 0.1) is 6.04 Å². The van der Waals surface area contributed by atoms with Crippen molar-refractivity contribution < 1.29 is 9.18 Å². The minimum atomic E-state index is -0.281. The average Bonchev–Trinajstić information content (AvgIpc) is 2.55. The Bertz CT molecular complexity index is 811. The molecule has 3 aromatic rings. The van der Waals surface area contributed by atoms with Gasteiger partial charge in [-0.05, 0) is 47.5 Å². The van der Waals surface area contributed by atoms with Crippen LogP contribution in [0.25, 0.3) is 10.8 Å². The quantitative estimate of drug-likeness (QED) is 0.758. The molecule has 0 radical (unpaired) electrons. The van der Waals surface area contributed by atoms with E-state index in [1.807, 2.05) is 49.4 Å². The Morgan fingerprint density at radius 1 is 0.955 bits per heavy atom. The third kappa shape index (κ3) is 2.98. The van der Waals surface area contributed by atoms with Gasteiger partial charge in [-0.3, -0.25) is 4.79 Å². The molecule has 3 heteroatoms. The molecule has 3 rings (SSSR count). The van der Waals surface area contributed by atoms with Gasteiger partial charge >= 0.3 is 0 Å². The summed E-state index contributed by atoms with van der Waals surface area (Å²) in [5.74, 6) is -0.417. The molecule has 0 aromatic heterocycles. The Morgan fingerprint density at radius 2 is 1.64 bits per heavy atom. The first-order valence-corrected chi connectivity index (χ1v) is 7.18. The molecule has 0 heterocycles. The van der Waals surface area contributed by atoms with Gasteiger partial charge in [-0.25, -0.2) is 4.39 Å². The molecule has 110 valence electrons. The normalized spacial score (nSPS) is 12.1. The molecule has 0 saturated carbocycles. The molecular weight excluding hydrogens is 277 g/mol. The fourth-order valence-electron chi connectivity index (χ4n) is 2.45. The second-order valence-corrected chi connectivity index (χ2v) is 5.31. The third-order valence-corrected chi connectivity index (χ3v) is 3.73. The summed E-state index contributed by atoms with van der Waals surface area (Å²) in [7, 11) is 0. The highest BCUT2D eigenvalue weighted by molar-refractivity contribution is 5.98. The van der Waals surface area contributed by atoms with E-state index in [0.717, 1.165) is 16.3 Å². The van der Waals surface area contributed by atoms with Crippen LogP contribution in [-0.2, 0) is 0 Å². The molecule has 1 N–H and O–H groups in total. The molecule has 1 atom stereocenters. The second-order valence-electron chi connectivity index (χ2n) is 5.31. The number of carbonyl (C=O) groups is 1. The van der Waals surface area contributed by atoms with Crippen molar-refractivity contribution in [2.45, 2.75) is 13.0 Å². The summed E-state index contributed by atoms with van der Waals surface area (Å²) in [5, 5.41) is 5.07. The number of nitrogens with one attached hydrogen (secondary N) is 1. The monoisotopic (exact) mass is 293 g/mol. The average molecular weight is 293 g/mol. The van der Waals surface area contributed by atoms with Gasteiger partial charge in [0.2, 0.25) is 0 Å². The molecule has 1 amide bonds. The lowest BCUT2D eigenvalue weighted by Crippen LogP contribution is -2.26. The Hall–Kier alpha value is -2.68. The van der Waals surface area contributed by atoms with Gasteiger partial charge in [0.25, 0.3) is 5.91 Å². The molecule has 0 aliphatic carbocycles. The van der Waals surface area contributed by atoms with Crippen LogP contribution in [0.4, 0.5) is 4.39 Å². The Morgan fingerprint density at radius 3 is 2.36 bits per heavy atom. The number of hydrogen-bond donors (Lipinski definition) is 1. The van der Waals surface area contributed by atoms with Crippen LogP contribution in [0.1, 0.15) is 28.9 Å². The predicted octanol–water partition coefficient (Wildman–Crippen LogP) is 4.47. The summed E-state index contributed by atoms with van der Waals surface area (Å²) >= 11 is 0. The summed E-state index contributed by atoms with van der Waals surface area (Å²) in [6.45, 7) is 1.88. The van der Waals surface area contributed by atoms with Crippen LogP contribution in [0.2, 0.25) is 0 Å². The van der Waals surface area contributed by atoms with Gasteiger partial charge in [0.1, 0.15) is 5.82 Å². The molecule has 3 aromatic carbocycles. The Labute approximate surface area is 128 Å². The minimum absolute atomic E-state index is 0.137. The van der Waals surface area contributed by atoms with E-state index in [-0.39, 0.29) is 17.8 Å². The van der Waals surface area contributed by atoms with Gasteiger partial charge < -0.3 is 5.32 Å². The van der Waals surface area contributed by atoms with Gasteiger partial charge in [0, 0.05) is 5.56 Å². The molecule has 0 bridgehead atoms. The fraction of sp³-hybridized carbons (Fsp3) is 0.105. The van der Waals surface area contributed by atoms with Crippen LogP contribution in [-0.4, -0.2) is 5.91 Å². The summed E-state index contributed by atoms with van der Waals surface area (Å²) in [4.78, 5) is 12.4. The Kier molecular flexibility index (Phi) is 3.88. The van der Waals surface area contributed by atoms with Crippen LogP contribution >= 0.6 is 0 Å². The van der Waals surface area contributed by atoms with Gasteiger partial charge in [-0.2, -0.15) is 0 Å². The molecule has 22 heavy (non-hydrogen) atoms. The summed E-state index contributed by atoms with van der Waals surface area (Å²) < 4.78 is 12.9. The number of rotatable bonds is 3. The van der Waals surface area contributed by atoms with Crippen LogP contribution in [0, 0.1) is 5.82 Å². The van der Waals surface area contributed by atoms with Crippen molar-refractivity contribution >= 4 is 16.7 Å². The van der Waals surface area contributed by atoms with E-state index < -0.39 is 0 Å². The molecule has 2 nitrogen and oxygen atoms in total. The number of hydrogen-bond acceptors (Lipinski definition) is 1. The molecule has 1 unspecified atom stereocenters. The van der Waals surface area contributed by atoms with E-state index in [2.05, 4.69) is 5.32 Å². The standard InChI is InChI=1S/C19H16FNO/c1-13(14-8-10-18(20)11-9-14)21-19(22)17-7-6-15-4-2-3-5-16(15)12-17/h2-13H,1H3,(H,21,22). The molecule has 0 spiro atoms. The van der Waals surface area contributed by atoms with Crippen molar-refractivity contribution in [3.8, 4) is 0 Å². The number of amides is 1. The number of benzene rings is 3. The van der Waals surface area contributed by atoms with E-state index in [4.69, 9.17) is 0 Å². The highest BCUT2D eigenvalue weighted by Crippen LogP contribution is 2.17. The van der Waals surface area contributed by atoms with E-state index in [1.165, 1.54) is 12.1 Å². The zero-order valence-electron chi connectivity index (χ0n) is 12.2. The third-order valence-electron chi connectivity index (χ3n) is 3.73. The van der Waals surface area contributed by atoms with Crippen LogP contribution in [0.5, 0.6) is 0 Å². The first-order chi connectivity index (χ1) is 10.6. The molecule has 0 fully saturated rings. The first-order valence-electron chi connectivity index (χ1n) is 7.18. The van der Waals surface area contributed by atoms with Crippen LogP contribution in [0.15, 0.2) is 66.7 Å². The predicted molar refractivity (Wildman–Crippen MR) is 86.2 cm³/mol. The lowest BCUT2D eigenvalue weighted by molar-refractivity contribution is 0.0940. The van der Waals surface area contributed by atoms with Gasteiger partial charge in [-0.1, -0.05) is 42.5 Å². The van der Waals surface area contributed by atoms with Crippen molar-refractivity contribution in [2.75, 3.05) is 0 Å². The topological polar surface area (TPSA) is 29.1 Å². The van der Waals surface area contributed by atoms with Crippen LogP contribution < -0.4 is 5.32 Å². The summed E-state index contributed by atoms with van der Waals surface area (Å²) in [6.07, 6.45) is 0. The maximum Gasteiger partial charge on any atom is 0.251 e. The van der Waals surface area contributed by atoms with E-state index in [9.17, 15) is 9.18 Å². The lowest BCUT2D eigenvalue weighted by atomic mass is 10.1. The Balaban J connectivity index is 1.79. The first kappa shape index (κ1) is 14.3. The van der Waals surface area contributed by atoms with Gasteiger partial charge in [-0.15, -0.1) is 0 Å². The SMILES string of the molecule is CC(NC(=O)c1ccc2ccccc2c1)c1ccc(F)cc1. The molecule has 0 saturated heterocycles. The lowest BCUT2D eigenvalue weighted by Gasteiger charge is -2.14. The van der Waals surface area contributed by atoms with Crippen molar-refractivity contribution in [2.24, 2.45) is 0 Å².